The number of nitrogens with zero attached hydrogens (tertiary/aromatic N) is 1. The number of ether oxygens (including phenoxy) is 1. The Labute approximate surface area is 135 Å². The highest BCUT2D eigenvalue weighted by Gasteiger charge is 2.30. The number of carboxylic acids is 1. The molecule has 1 aromatic carbocycles. The minimum atomic E-state index is -1.32. The van der Waals surface area contributed by atoms with Crippen LogP contribution >= 0.6 is 0 Å². The minimum absolute atomic E-state index is 0.107. The smallest absolute Gasteiger partial charge is 0.407 e. The van der Waals surface area contributed by atoms with Crippen LogP contribution in [-0.4, -0.2) is 45.9 Å². The average molecular weight is 321 g/mol. The quantitative estimate of drug-likeness (QED) is 0.890. The SMILES string of the molecule is Cc1ccc(C2CCCN(C(=O)O)C2)cc1OC(C)(C)C(=O)O. The summed E-state index contributed by atoms with van der Waals surface area (Å²) < 4.78 is 5.67. The van der Waals surface area contributed by atoms with Crippen LogP contribution in [0, 0.1) is 6.92 Å². The van der Waals surface area contributed by atoms with Gasteiger partial charge in [-0.25, -0.2) is 9.59 Å². The van der Waals surface area contributed by atoms with E-state index in [1.165, 1.54) is 18.7 Å². The third-order valence-electron chi connectivity index (χ3n) is 4.26. The van der Waals surface area contributed by atoms with Gasteiger partial charge in [-0.3, -0.25) is 0 Å². The number of hydrogen-bond donors (Lipinski definition) is 2. The van der Waals surface area contributed by atoms with E-state index in [1.54, 1.807) is 0 Å². The van der Waals surface area contributed by atoms with E-state index in [0.717, 1.165) is 24.0 Å². The van der Waals surface area contributed by atoms with Crippen LogP contribution < -0.4 is 4.74 Å². The van der Waals surface area contributed by atoms with E-state index >= 15 is 0 Å². The largest absolute Gasteiger partial charge is 0.478 e. The third kappa shape index (κ3) is 3.94. The zero-order valence-corrected chi connectivity index (χ0v) is 13.7. The van der Waals surface area contributed by atoms with Crippen LogP contribution in [0.1, 0.15) is 43.7 Å². The van der Waals surface area contributed by atoms with Gasteiger partial charge in [0, 0.05) is 19.0 Å². The summed E-state index contributed by atoms with van der Waals surface area (Å²) in [5, 5.41) is 18.4. The maximum absolute atomic E-state index is 11.2. The number of piperidine rings is 1. The molecule has 1 amide bonds. The van der Waals surface area contributed by atoms with Crippen molar-refractivity contribution < 1.29 is 24.5 Å². The van der Waals surface area contributed by atoms with Gasteiger partial charge < -0.3 is 19.8 Å². The monoisotopic (exact) mass is 321 g/mol. The van der Waals surface area contributed by atoms with Gasteiger partial charge in [0.2, 0.25) is 0 Å². The second-order valence-electron chi connectivity index (χ2n) is 6.51. The van der Waals surface area contributed by atoms with Crippen molar-refractivity contribution in [3.63, 3.8) is 0 Å². The number of rotatable bonds is 4. The highest BCUT2D eigenvalue weighted by atomic mass is 16.5. The molecule has 1 fully saturated rings. The van der Waals surface area contributed by atoms with Crippen LogP contribution in [0.25, 0.3) is 0 Å². The van der Waals surface area contributed by atoms with E-state index in [0.29, 0.717) is 18.8 Å². The van der Waals surface area contributed by atoms with Crippen LogP contribution in [-0.2, 0) is 4.79 Å². The Hall–Kier alpha value is -2.24. The molecule has 1 aliphatic heterocycles. The molecule has 0 aliphatic carbocycles. The van der Waals surface area contributed by atoms with Crippen molar-refractivity contribution in [2.45, 2.75) is 45.1 Å². The summed E-state index contributed by atoms with van der Waals surface area (Å²) >= 11 is 0. The van der Waals surface area contributed by atoms with E-state index in [4.69, 9.17) is 9.84 Å². The Bertz CT molecular complexity index is 611. The number of aryl methyl sites for hydroxylation is 1. The van der Waals surface area contributed by atoms with Crippen molar-refractivity contribution in [3.05, 3.63) is 29.3 Å². The molecule has 2 N–H and O–H groups in total. The molecule has 6 heteroatoms. The number of aliphatic carboxylic acids is 1. The predicted octanol–water partition coefficient (Wildman–Crippen LogP) is 3.09. The lowest BCUT2D eigenvalue weighted by atomic mass is 9.90. The first-order chi connectivity index (χ1) is 10.7. The highest BCUT2D eigenvalue weighted by Crippen LogP contribution is 2.32. The van der Waals surface area contributed by atoms with Gasteiger partial charge in [-0.05, 0) is 50.8 Å². The summed E-state index contributed by atoms with van der Waals surface area (Å²) in [6, 6.07) is 5.70. The first-order valence-electron chi connectivity index (χ1n) is 7.71. The molecule has 23 heavy (non-hydrogen) atoms. The molecule has 0 bridgehead atoms. The van der Waals surface area contributed by atoms with Gasteiger partial charge in [-0.1, -0.05) is 12.1 Å². The lowest BCUT2D eigenvalue weighted by molar-refractivity contribution is -0.152. The molecule has 6 nitrogen and oxygen atoms in total. The Balaban J connectivity index is 2.23. The lowest BCUT2D eigenvalue weighted by Crippen LogP contribution is -2.38. The molecule has 0 saturated carbocycles. The molecule has 1 aliphatic rings. The van der Waals surface area contributed by atoms with Gasteiger partial charge in [-0.15, -0.1) is 0 Å². The molecule has 0 spiro atoms. The van der Waals surface area contributed by atoms with E-state index in [1.807, 2.05) is 25.1 Å². The zero-order valence-electron chi connectivity index (χ0n) is 13.7. The number of amides is 1. The fourth-order valence-corrected chi connectivity index (χ4v) is 2.72. The molecular formula is C17H23NO5. The predicted molar refractivity (Wildman–Crippen MR) is 85.1 cm³/mol. The number of hydrogen-bond acceptors (Lipinski definition) is 3. The zero-order chi connectivity index (χ0) is 17.2. The molecule has 0 radical (unpaired) electrons. The summed E-state index contributed by atoms with van der Waals surface area (Å²) in [6.45, 7) is 5.90. The van der Waals surface area contributed by atoms with Gasteiger partial charge in [0.05, 0.1) is 0 Å². The molecule has 1 atom stereocenters. The first kappa shape index (κ1) is 17.1. The number of benzene rings is 1. The van der Waals surface area contributed by atoms with Gasteiger partial charge in [0.1, 0.15) is 5.75 Å². The fourth-order valence-electron chi connectivity index (χ4n) is 2.72. The first-order valence-corrected chi connectivity index (χ1v) is 7.71. The molecular weight excluding hydrogens is 298 g/mol. The molecule has 2 rings (SSSR count). The molecule has 126 valence electrons. The standard InChI is InChI=1S/C17H23NO5/c1-11-6-7-12(9-14(11)23-17(2,3)15(19)20)13-5-4-8-18(10-13)16(21)22/h6-7,9,13H,4-5,8,10H2,1-3H3,(H,19,20)(H,21,22). The van der Waals surface area contributed by atoms with Crippen molar-refractivity contribution in [2.24, 2.45) is 0 Å². The Morgan fingerprint density at radius 1 is 1.30 bits per heavy atom. The third-order valence-corrected chi connectivity index (χ3v) is 4.26. The van der Waals surface area contributed by atoms with Crippen molar-refractivity contribution in [1.29, 1.82) is 0 Å². The van der Waals surface area contributed by atoms with Crippen LogP contribution in [0.15, 0.2) is 18.2 Å². The summed E-state index contributed by atoms with van der Waals surface area (Å²) in [7, 11) is 0. The minimum Gasteiger partial charge on any atom is -0.478 e. The maximum Gasteiger partial charge on any atom is 0.407 e. The Kier molecular flexibility index (Phi) is 4.82. The van der Waals surface area contributed by atoms with Gasteiger partial charge in [0.25, 0.3) is 0 Å². The van der Waals surface area contributed by atoms with E-state index in [9.17, 15) is 14.7 Å². The van der Waals surface area contributed by atoms with Crippen LogP contribution in [0.2, 0.25) is 0 Å². The van der Waals surface area contributed by atoms with Gasteiger partial charge in [0.15, 0.2) is 5.60 Å². The highest BCUT2D eigenvalue weighted by molar-refractivity contribution is 5.76. The summed E-state index contributed by atoms with van der Waals surface area (Å²) in [4.78, 5) is 23.8. The van der Waals surface area contributed by atoms with Crippen LogP contribution in [0.5, 0.6) is 5.75 Å². The van der Waals surface area contributed by atoms with Gasteiger partial charge in [-0.2, -0.15) is 0 Å². The number of carbonyl (C=O) groups is 2. The Morgan fingerprint density at radius 3 is 2.61 bits per heavy atom. The van der Waals surface area contributed by atoms with Crippen molar-refractivity contribution in [3.8, 4) is 5.75 Å². The van der Waals surface area contributed by atoms with E-state index in [-0.39, 0.29) is 5.92 Å². The second kappa shape index (κ2) is 6.48. The number of carboxylic acid groups (broad SMARTS) is 2. The maximum atomic E-state index is 11.2. The molecule has 0 aromatic heterocycles. The molecule has 1 heterocycles. The normalized spacial score (nSPS) is 18.6. The van der Waals surface area contributed by atoms with Crippen LogP contribution in [0.4, 0.5) is 4.79 Å². The van der Waals surface area contributed by atoms with E-state index in [2.05, 4.69) is 0 Å². The lowest BCUT2D eigenvalue weighted by Gasteiger charge is -2.31. The summed E-state index contributed by atoms with van der Waals surface area (Å²) in [5.74, 6) is -0.393. The second-order valence-corrected chi connectivity index (χ2v) is 6.51. The summed E-state index contributed by atoms with van der Waals surface area (Å²) in [6.07, 6.45) is 0.835. The van der Waals surface area contributed by atoms with Crippen molar-refractivity contribution >= 4 is 12.1 Å². The Morgan fingerprint density at radius 2 is 2.00 bits per heavy atom. The van der Waals surface area contributed by atoms with Crippen molar-refractivity contribution in [2.75, 3.05) is 13.1 Å². The summed E-state index contributed by atoms with van der Waals surface area (Å²) in [5.41, 5.74) is 0.523. The average Bonchev–Trinajstić information content (AvgIpc) is 2.49. The topological polar surface area (TPSA) is 87.1 Å². The molecule has 1 aromatic rings. The van der Waals surface area contributed by atoms with Crippen LogP contribution in [0.3, 0.4) is 0 Å². The molecule has 1 saturated heterocycles. The van der Waals surface area contributed by atoms with E-state index < -0.39 is 17.7 Å². The molecule has 1 unspecified atom stereocenters. The fraction of sp³-hybridized carbons (Fsp3) is 0.529. The number of likely N-dealkylation sites (tertiary alicyclic amines) is 1. The van der Waals surface area contributed by atoms with Gasteiger partial charge >= 0.3 is 12.1 Å². The van der Waals surface area contributed by atoms with Crippen molar-refractivity contribution in [1.82, 2.24) is 4.90 Å².